The van der Waals surface area contributed by atoms with Crippen molar-refractivity contribution >= 4 is 41.2 Å². The number of piperidine rings is 1. The fraction of sp³-hybridized carbons (Fsp3) is 0.368. The molecule has 5 nitrogen and oxygen atoms in total. The SMILES string of the molecule is CC1(C)CN(C(=O)c2ccc(NC(=O)c3cccs3)cc2)CCC1N.Cl. The predicted molar refractivity (Wildman–Crippen MR) is 108 cm³/mol. The number of nitrogens with zero attached hydrogens (tertiary/aromatic N) is 1. The monoisotopic (exact) mass is 393 g/mol. The largest absolute Gasteiger partial charge is 0.338 e. The molecule has 0 aliphatic carbocycles. The van der Waals surface area contributed by atoms with Gasteiger partial charge in [-0.15, -0.1) is 23.7 Å². The van der Waals surface area contributed by atoms with Gasteiger partial charge in [0.2, 0.25) is 0 Å². The Balaban J connectivity index is 0.00000243. The molecule has 3 rings (SSSR count). The Kier molecular flexibility index (Phi) is 6.44. The van der Waals surface area contributed by atoms with Crippen molar-refractivity contribution in [3.8, 4) is 0 Å². The summed E-state index contributed by atoms with van der Waals surface area (Å²) >= 11 is 1.39. The van der Waals surface area contributed by atoms with E-state index in [0.29, 0.717) is 29.2 Å². The first-order valence-corrected chi connectivity index (χ1v) is 9.24. The van der Waals surface area contributed by atoms with E-state index in [2.05, 4.69) is 19.2 Å². The molecule has 0 radical (unpaired) electrons. The number of halogens is 1. The lowest BCUT2D eigenvalue weighted by Crippen LogP contribution is -2.53. The van der Waals surface area contributed by atoms with Crippen LogP contribution < -0.4 is 11.1 Å². The summed E-state index contributed by atoms with van der Waals surface area (Å²) in [5.41, 5.74) is 7.36. The van der Waals surface area contributed by atoms with Gasteiger partial charge in [-0.3, -0.25) is 9.59 Å². The third-order valence-electron chi connectivity index (χ3n) is 4.73. The topological polar surface area (TPSA) is 75.4 Å². The summed E-state index contributed by atoms with van der Waals surface area (Å²) in [7, 11) is 0. The number of nitrogens with two attached hydrogens (primary N) is 1. The maximum absolute atomic E-state index is 12.7. The van der Waals surface area contributed by atoms with Crippen molar-refractivity contribution < 1.29 is 9.59 Å². The van der Waals surface area contributed by atoms with Crippen LogP contribution in [0.1, 0.15) is 40.3 Å². The number of carbonyl (C=O) groups is 2. The van der Waals surface area contributed by atoms with E-state index in [0.717, 1.165) is 6.42 Å². The molecule has 1 fully saturated rings. The standard InChI is InChI=1S/C19H23N3O2S.ClH/c1-19(2)12-22(10-9-16(19)20)18(24)13-5-7-14(8-6-13)21-17(23)15-4-3-11-25-15;/h3-8,11,16H,9-10,12,20H2,1-2H3,(H,21,23);1H. The van der Waals surface area contributed by atoms with E-state index in [4.69, 9.17) is 5.73 Å². The molecule has 140 valence electrons. The molecule has 0 saturated carbocycles. The lowest BCUT2D eigenvalue weighted by atomic mass is 9.79. The van der Waals surface area contributed by atoms with E-state index in [9.17, 15) is 9.59 Å². The van der Waals surface area contributed by atoms with Crippen molar-refractivity contribution in [1.29, 1.82) is 0 Å². The van der Waals surface area contributed by atoms with Gasteiger partial charge in [-0.05, 0) is 47.5 Å². The van der Waals surface area contributed by atoms with Gasteiger partial charge in [-0.25, -0.2) is 0 Å². The van der Waals surface area contributed by atoms with Crippen LogP contribution in [0.5, 0.6) is 0 Å². The van der Waals surface area contributed by atoms with Gasteiger partial charge in [0.25, 0.3) is 11.8 Å². The second-order valence-corrected chi connectivity index (χ2v) is 8.07. The third-order valence-corrected chi connectivity index (χ3v) is 5.60. The Labute approximate surface area is 164 Å². The molecular weight excluding hydrogens is 370 g/mol. The Morgan fingerprint density at radius 2 is 1.92 bits per heavy atom. The molecule has 1 aromatic heterocycles. The predicted octanol–water partition coefficient (Wildman–Crippen LogP) is 3.62. The van der Waals surface area contributed by atoms with Crippen LogP contribution in [0.25, 0.3) is 0 Å². The lowest BCUT2D eigenvalue weighted by molar-refractivity contribution is 0.0533. The van der Waals surface area contributed by atoms with Crippen LogP contribution >= 0.6 is 23.7 Å². The summed E-state index contributed by atoms with van der Waals surface area (Å²) in [4.78, 5) is 27.3. The van der Waals surface area contributed by atoms with Crippen LogP contribution in [-0.4, -0.2) is 35.8 Å². The van der Waals surface area contributed by atoms with Gasteiger partial charge >= 0.3 is 0 Å². The summed E-state index contributed by atoms with van der Waals surface area (Å²) in [6.45, 7) is 5.53. The highest BCUT2D eigenvalue weighted by Gasteiger charge is 2.35. The second-order valence-electron chi connectivity index (χ2n) is 7.12. The van der Waals surface area contributed by atoms with Gasteiger partial charge in [-0.2, -0.15) is 0 Å². The molecule has 3 N–H and O–H groups in total. The average molecular weight is 394 g/mol. The van der Waals surface area contributed by atoms with Gasteiger partial charge in [0.1, 0.15) is 0 Å². The number of likely N-dealkylation sites (tertiary alicyclic amines) is 1. The van der Waals surface area contributed by atoms with Crippen molar-refractivity contribution in [2.24, 2.45) is 11.1 Å². The molecular formula is C19H24ClN3O2S. The summed E-state index contributed by atoms with van der Waals surface area (Å²) in [6.07, 6.45) is 0.813. The van der Waals surface area contributed by atoms with Gasteiger partial charge in [0.15, 0.2) is 0 Å². The number of carbonyl (C=O) groups excluding carboxylic acids is 2. The van der Waals surface area contributed by atoms with E-state index >= 15 is 0 Å². The van der Waals surface area contributed by atoms with E-state index in [-0.39, 0.29) is 35.7 Å². The normalized spacial score (nSPS) is 18.7. The van der Waals surface area contributed by atoms with Crippen LogP contribution in [0.4, 0.5) is 5.69 Å². The van der Waals surface area contributed by atoms with Crippen molar-refractivity contribution in [3.63, 3.8) is 0 Å². The first-order chi connectivity index (χ1) is 11.9. The van der Waals surface area contributed by atoms with Gasteiger partial charge in [0.05, 0.1) is 4.88 Å². The van der Waals surface area contributed by atoms with Crippen LogP contribution in [0, 0.1) is 5.41 Å². The van der Waals surface area contributed by atoms with Crippen molar-refractivity contribution in [3.05, 3.63) is 52.2 Å². The first-order valence-electron chi connectivity index (χ1n) is 8.36. The minimum absolute atomic E-state index is 0. The van der Waals surface area contributed by atoms with Crippen LogP contribution in [-0.2, 0) is 0 Å². The minimum Gasteiger partial charge on any atom is -0.338 e. The highest BCUT2D eigenvalue weighted by molar-refractivity contribution is 7.12. The molecule has 1 saturated heterocycles. The quantitative estimate of drug-likeness (QED) is 0.836. The van der Waals surface area contributed by atoms with Gasteiger partial charge < -0.3 is 16.0 Å². The smallest absolute Gasteiger partial charge is 0.265 e. The molecule has 26 heavy (non-hydrogen) atoms. The molecule has 0 spiro atoms. The zero-order valence-electron chi connectivity index (χ0n) is 14.9. The third kappa shape index (κ3) is 4.44. The number of rotatable bonds is 3. The summed E-state index contributed by atoms with van der Waals surface area (Å²) in [5, 5.41) is 4.70. The Morgan fingerprint density at radius 1 is 1.23 bits per heavy atom. The van der Waals surface area contributed by atoms with Crippen molar-refractivity contribution in [2.75, 3.05) is 18.4 Å². The Hall–Kier alpha value is -1.89. The van der Waals surface area contributed by atoms with Crippen LogP contribution in [0.2, 0.25) is 0 Å². The van der Waals surface area contributed by atoms with Crippen LogP contribution in [0.15, 0.2) is 41.8 Å². The number of thiophene rings is 1. The first kappa shape index (κ1) is 20.4. The van der Waals surface area contributed by atoms with Gasteiger partial charge in [-0.1, -0.05) is 19.9 Å². The fourth-order valence-corrected chi connectivity index (χ4v) is 3.65. The van der Waals surface area contributed by atoms with E-state index in [1.54, 1.807) is 30.3 Å². The molecule has 7 heteroatoms. The van der Waals surface area contributed by atoms with Crippen molar-refractivity contribution in [2.45, 2.75) is 26.3 Å². The van der Waals surface area contributed by atoms with Crippen LogP contribution in [0.3, 0.4) is 0 Å². The summed E-state index contributed by atoms with van der Waals surface area (Å²) < 4.78 is 0. The van der Waals surface area contributed by atoms with Gasteiger partial charge in [0, 0.05) is 30.4 Å². The molecule has 1 aliphatic heterocycles. The van der Waals surface area contributed by atoms with E-state index in [1.807, 2.05) is 16.3 Å². The molecule has 1 aromatic carbocycles. The summed E-state index contributed by atoms with van der Waals surface area (Å²) in [6, 6.07) is 10.8. The zero-order valence-corrected chi connectivity index (χ0v) is 16.5. The van der Waals surface area contributed by atoms with E-state index < -0.39 is 0 Å². The Bertz CT molecular complexity index is 760. The molecule has 2 amide bonds. The molecule has 0 bridgehead atoms. The number of amides is 2. The highest BCUT2D eigenvalue weighted by atomic mass is 35.5. The molecule has 1 aliphatic rings. The summed E-state index contributed by atoms with van der Waals surface area (Å²) in [5.74, 6) is -0.128. The zero-order chi connectivity index (χ0) is 18.0. The molecule has 1 atom stereocenters. The lowest BCUT2D eigenvalue weighted by Gasteiger charge is -2.42. The number of benzene rings is 1. The molecule has 2 heterocycles. The number of hydrogen-bond acceptors (Lipinski definition) is 4. The van der Waals surface area contributed by atoms with Crippen molar-refractivity contribution in [1.82, 2.24) is 4.90 Å². The van der Waals surface area contributed by atoms with E-state index in [1.165, 1.54) is 11.3 Å². The number of hydrogen-bond donors (Lipinski definition) is 2. The molecule has 2 aromatic rings. The number of nitrogens with one attached hydrogen (secondary N) is 1. The number of anilines is 1. The average Bonchev–Trinajstić information content (AvgIpc) is 3.12. The fourth-order valence-electron chi connectivity index (χ4n) is 3.03. The highest BCUT2D eigenvalue weighted by Crippen LogP contribution is 2.28. The Morgan fingerprint density at radius 3 is 2.50 bits per heavy atom. The maximum atomic E-state index is 12.7. The maximum Gasteiger partial charge on any atom is 0.265 e. The second kappa shape index (κ2) is 8.20. The molecule has 1 unspecified atom stereocenters. The minimum atomic E-state index is -0.138.